The van der Waals surface area contributed by atoms with Gasteiger partial charge in [-0.1, -0.05) is 31.0 Å². The van der Waals surface area contributed by atoms with Crippen molar-refractivity contribution in [3.05, 3.63) is 65.9 Å². The molecule has 1 atom stereocenters. The van der Waals surface area contributed by atoms with Gasteiger partial charge >= 0.3 is 0 Å². The molecule has 0 aliphatic carbocycles. The zero-order valence-corrected chi connectivity index (χ0v) is 20.1. The van der Waals surface area contributed by atoms with Crippen LogP contribution in [0.2, 0.25) is 0 Å². The van der Waals surface area contributed by atoms with E-state index in [1.807, 2.05) is 66.2 Å². The van der Waals surface area contributed by atoms with E-state index in [0.717, 1.165) is 35.7 Å². The summed E-state index contributed by atoms with van der Waals surface area (Å²) in [6.07, 6.45) is 5.53. The normalized spacial score (nSPS) is 11.9. The van der Waals surface area contributed by atoms with Crippen molar-refractivity contribution in [2.75, 3.05) is 33.4 Å². The van der Waals surface area contributed by atoms with Crippen molar-refractivity contribution in [1.29, 1.82) is 0 Å². The van der Waals surface area contributed by atoms with Crippen LogP contribution in [0.4, 0.5) is 0 Å². The highest BCUT2D eigenvalue weighted by Crippen LogP contribution is 2.32. The zero-order chi connectivity index (χ0) is 24.3. The van der Waals surface area contributed by atoms with Gasteiger partial charge in [-0.15, -0.1) is 6.42 Å². The van der Waals surface area contributed by atoms with Gasteiger partial charge < -0.3 is 19.3 Å². The van der Waals surface area contributed by atoms with E-state index in [2.05, 4.69) is 17.7 Å². The van der Waals surface area contributed by atoms with Crippen molar-refractivity contribution in [2.24, 2.45) is 0 Å². The number of para-hydroxylation sites is 1. The Hall–Kier alpha value is -3.31. The molecule has 1 heterocycles. The Balaban J connectivity index is 1.91. The Labute approximate surface area is 201 Å². The Bertz CT molecular complexity index is 1060. The quantitative estimate of drug-likeness (QED) is 0.303. The van der Waals surface area contributed by atoms with Gasteiger partial charge in [-0.3, -0.25) is 4.90 Å². The third-order valence-corrected chi connectivity index (χ3v) is 5.30. The number of hydrogen-bond donors (Lipinski definition) is 1. The van der Waals surface area contributed by atoms with Gasteiger partial charge in [-0.25, -0.2) is 4.68 Å². The molecule has 1 aromatic heterocycles. The molecule has 0 amide bonds. The van der Waals surface area contributed by atoms with Crippen LogP contribution >= 0.6 is 0 Å². The number of terminal acetylenes is 1. The minimum atomic E-state index is -0.643. The SMILES string of the molecule is C#CCOC[C@H](O)CN(CCC)Cc1c(C)nn(-c2ccccc2)c1Oc1ccc(OC)cc1. The van der Waals surface area contributed by atoms with Crippen molar-refractivity contribution in [3.8, 4) is 35.4 Å². The lowest BCUT2D eigenvalue weighted by atomic mass is 10.2. The highest BCUT2D eigenvalue weighted by Gasteiger charge is 2.22. The molecule has 7 heteroatoms. The van der Waals surface area contributed by atoms with E-state index >= 15 is 0 Å². The van der Waals surface area contributed by atoms with E-state index in [9.17, 15) is 5.11 Å². The van der Waals surface area contributed by atoms with Crippen molar-refractivity contribution < 1.29 is 19.3 Å². The molecule has 0 radical (unpaired) electrons. The molecular formula is C27H33N3O4. The van der Waals surface area contributed by atoms with E-state index in [-0.39, 0.29) is 13.2 Å². The number of aromatic nitrogens is 2. The van der Waals surface area contributed by atoms with Crippen LogP contribution in [0.25, 0.3) is 5.69 Å². The Morgan fingerprint density at radius 2 is 1.82 bits per heavy atom. The topological polar surface area (TPSA) is 69.0 Å². The summed E-state index contributed by atoms with van der Waals surface area (Å²) in [7, 11) is 1.64. The second-order valence-corrected chi connectivity index (χ2v) is 8.00. The molecule has 0 saturated carbocycles. The van der Waals surface area contributed by atoms with Gasteiger partial charge in [0, 0.05) is 13.1 Å². The fourth-order valence-corrected chi connectivity index (χ4v) is 3.70. The summed E-state index contributed by atoms with van der Waals surface area (Å²) in [5.41, 5.74) is 2.74. The van der Waals surface area contributed by atoms with Gasteiger partial charge in [0.2, 0.25) is 5.88 Å². The molecule has 0 unspecified atom stereocenters. The first-order valence-electron chi connectivity index (χ1n) is 11.4. The first kappa shape index (κ1) is 25.3. The molecule has 0 aliphatic heterocycles. The standard InChI is InChI=1S/C27H33N3O4/c1-5-16-29(18-23(31)20-33-17-6-2)19-26-21(3)28-30(22-10-8-7-9-11-22)27(26)34-25-14-12-24(32-4)13-15-25/h2,7-15,23,31H,5,16-20H2,1,3-4H3/t23-/m1/s1. The smallest absolute Gasteiger partial charge is 0.227 e. The maximum Gasteiger partial charge on any atom is 0.227 e. The predicted octanol–water partition coefficient (Wildman–Crippen LogP) is 4.20. The van der Waals surface area contributed by atoms with Gasteiger partial charge in [0.1, 0.15) is 18.1 Å². The van der Waals surface area contributed by atoms with Crippen LogP contribution in [0, 0.1) is 19.3 Å². The largest absolute Gasteiger partial charge is 0.497 e. The van der Waals surface area contributed by atoms with Gasteiger partial charge in [-0.05, 0) is 56.3 Å². The van der Waals surface area contributed by atoms with E-state index in [1.165, 1.54) is 0 Å². The number of hydrogen-bond acceptors (Lipinski definition) is 6. The Morgan fingerprint density at radius 1 is 1.12 bits per heavy atom. The molecule has 3 rings (SSSR count). The molecule has 0 fully saturated rings. The third-order valence-electron chi connectivity index (χ3n) is 5.30. The number of ether oxygens (including phenoxy) is 3. The van der Waals surface area contributed by atoms with E-state index in [4.69, 9.17) is 25.7 Å². The van der Waals surface area contributed by atoms with Crippen LogP contribution in [0.5, 0.6) is 17.4 Å². The van der Waals surface area contributed by atoms with Crippen LogP contribution in [0.1, 0.15) is 24.6 Å². The van der Waals surface area contributed by atoms with Crippen LogP contribution in [0.15, 0.2) is 54.6 Å². The highest BCUT2D eigenvalue weighted by atomic mass is 16.5. The first-order valence-corrected chi connectivity index (χ1v) is 11.4. The molecule has 1 N–H and O–H groups in total. The minimum Gasteiger partial charge on any atom is -0.497 e. The molecule has 0 spiro atoms. The van der Waals surface area contributed by atoms with Crippen LogP contribution in [-0.2, 0) is 11.3 Å². The summed E-state index contributed by atoms with van der Waals surface area (Å²) < 4.78 is 18.8. The van der Waals surface area contributed by atoms with Gasteiger partial charge in [-0.2, -0.15) is 5.10 Å². The lowest BCUT2D eigenvalue weighted by molar-refractivity contribution is 0.0259. The monoisotopic (exact) mass is 463 g/mol. The van der Waals surface area contributed by atoms with Crippen molar-refractivity contribution in [3.63, 3.8) is 0 Å². The molecule has 2 aromatic carbocycles. The molecule has 0 saturated heterocycles. The van der Waals surface area contributed by atoms with Gasteiger partial charge in [0.25, 0.3) is 0 Å². The van der Waals surface area contributed by atoms with E-state index in [1.54, 1.807) is 7.11 Å². The number of aliphatic hydroxyl groups excluding tert-OH is 1. The molecule has 0 bridgehead atoms. The number of rotatable bonds is 13. The molecule has 3 aromatic rings. The number of nitrogens with zero attached hydrogens (tertiary/aromatic N) is 3. The van der Waals surface area contributed by atoms with Crippen LogP contribution in [-0.4, -0.2) is 59.3 Å². The summed E-state index contributed by atoms with van der Waals surface area (Å²) in [4.78, 5) is 2.18. The summed E-state index contributed by atoms with van der Waals surface area (Å²) in [6.45, 7) is 6.32. The summed E-state index contributed by atoms with van der Waals surface area (Å²) in [5.74, 6) is 4.51. The molecule has 0 aliphatic rings. The molecule has 7 nitrogen and oxygen atoms in total. The number of methoxy groups -OCH3 is 1. The molecule has 34 heavy (non-hydrogen) atoms. The predicted molar refractivity (Wildman–Crippen MR) is 133 cm³/mol. The first-order chi connectivity index (χ1) is 16.5. The Kier molecular flexibility index (Phi) is 9.53. The number of aliphatic hydroxyl groups is 1. The molecular weight excluding hydrogens is 430 g/mol. The highest BCUT2D eigenvalue weighted by molar-refractivity contribution is 5.44. The van der Waals surface area contributed by atoms with Gasteiger partial charge in [0.05, 0.1) is 36.8 Å². The Morgan fingerprint density at radius 3 is 2.47 bits per heavy atom. The average Bonchev–Trinajstić information content (AvgIpc) is 3.15. The fourth-order valence-electron chi connectivity index (χ4n) is 3.70. The summed E-state index contributed by atoms with van der Waals surface area (Å²) in [6, 6.07) is 17.4. The summed E-state index contributed by atoms with van der Waals surface area (Å²) in [5, 5.41) is 15.3. The number of benzene rings is 2. The van der Waals surface area contributed by atoms with Gasteiger partial charge in [0.15, 0.2) is 0 Å². The minimum absolute atomic E-state index is 0.188. The lowest BCUT2D eigenvalue weighted by Gasteiger charge is -2.25. The average molecular weight is 464 g/mol. The maximum absolute atomic E-state index is 10.5. The zero-order valence-electron chi connectivity index (χ0n) is 20.1. The maximum atomic E-state index is 10.5. The van der Waals surface area contributed by atoms with E-state index < -0.39 is 6.10 Å². The lowest BCUT2D eigenvalue weighted by Crippen LogP contribution is -2.35. The fraction of sp³-hybridized carbons (Fsp3) is 0.370. The van der Waals surface area contributed by atoms with Crippen LogP contribution < -0.4 is 9.47 Å². The van der Waals surface area contributed by atoms with Crippen molar-refractivity contribution >= 4 is 0 Å². The van der Waals surface area contributed by atoms with Crippen LogP contribution in [0.3, 0.4) is 0 Å². The van der Waals surface area contributed by atoms with E-state index in [0.29, 0.717) is 24.7 Å². The third kappa shape index (κ3) is 6.84. The second kappa shape index (κ2) is 12.8. The second-order valence-electron chi connectivity index (χ2n) is 8.00. The summed E-state index contributed by atoms with van der Waals surface area (Å²) >= 11 is 0. The molecule has 180 valence electrons. The number of aryl methyl sites for hydroxylation is 1. The van der Waals surface area contributed by atoms with Crippen molar-refractivity contribution in [2.45, 2.75) is 32.9 Å². The van der Waals surface area contributed by atoms with Crippen molar-refractivity contribution in [1.82, 2.24) is 14.7 Å².